The van der Waals surface area contributed by atoms with Crippen molar-refractivity contribution < 1.29 is 4.39 Å². The Balaban J connectivity index is 1.93. The Morgan fingerprint density at radius 3 is 3.00 bits per heavy atom. The quantitative estimate of drug-likeness (QED) is 0.767. The minimum atomic E-state index is -0.377. The van der Waals surface area contributed by atoms with E-state index in [1.54, 1.807) is 12.3 Å². The number of benzene rings is 1. The lowest BCUT2D eigenvalue weighted by Gasteiger charge is -2.29. The third-order valence-electron chi connectivity index (χ3n) is 3.12. The highest BCUT2D eigenvalue weighted by Gasteiger charge is 2.17. The average molecular weight is 242 g/mol. The molecule has 18 heavy (non-hydrogen) atoms. The molecule has 4 nitrogen and oxygen atoms in total. The standard InChI is InChI=1S/C13H11FN4/c14-11-5-10(8-15)6-12(7-11)18-4-3-17-2-1-16-13(17)9-18/h1-2,5-7H,3-4,9H2. The van der Waals surface area contributed by atoms with Crippen molar-refractivity contribution in [3.8, 4) is 6.07 Å². The van der Waals surface area contributed by atoms with Gasteiger partial charge >= 0.3 is 0 Å². The summed E-state index contributed by atoms with van der Waals surface area (Å²) in [7, 11) is 0. The number of hydrogen-bond donors (Lipinski definition) is 0. The highest BCUT2D eigenvalue weighted by molar-refractivity contribution is 5.52. The van der Waals surface area contributed by atoms with Crippen molar-refractivity contribution in [1.82, 2.24) is 9.55 Å². The minimum absolute atomic E-state index is 0.346. The molecule has 2 aromatic rings. The van der Waals surface area contributed by atoms with E-state index in [0.717, 1.165) is 24.6 Å². The molecule has 0 amide bonds. The van der Waals surface area contributed by atoms with Crippen LogP contribution in [0.3, 0.4) is 0 Å². The van der Waals surface area contributed by atoms with Crippen molar-refractivity contribution in [3.63, 3.8) is 0 Å². The van der Waals surface area contributed by atoms with Crippen LogP contribution in [-0.2, 0) is 13.1 Å². The maximum Gasteiger partial charge on any atom is 0.128 e. The van der Waals surface area contributed by atoms with Gasteiger partial charge in [-0.05, 0) is 18.2 Å². The zero-order valence-corrected chi connectivity index (χ0v) is 9.67. The van der Waals surface area contributed by atoms with Crippen LogP contribution in [0.15, 0.2) is 30.6 Å². The molecule has 0 bridgehead atoms. The summed E-state index contributed by atoms with van der Waals surface area (Å²) in [6, 6.07) is 6.39. The van der Waals surface area contributed by atoms with E-state index in [-0.39, 0.29) is 5.82 Å². The predicted molar refractivity (Wildman–Crippen MR) is 64.4 cm³/mol. The number of aromatic nitrogens is 2. The molecule has 0 spiro atoms. The van der Waals surface area contributed by atoms with Crippen molar-refractivity contribution in [2.75, 3.05) is 11.4 Å². The van der Waals surface area contributed by atoms with Crippen molar-refractivity contribution in [1.29, 1.82) is 5.26 Å². The van der Waals surface area contributed by atoms with E-state index in [2.05, 4.69) is 9.55 Å². The lowest BCUT2D eigenvalue weighted by atomic mass is 10.2. The number of halogens is 1. The zero-order valence-electron chi connectivity index (χ0n) is 9.67. The van der Waals surface area contributed by atoms with Gasteiger partial charge in [-0.2, -0.15) is 5.26 Å². The molecule has 0 fully saturated rings. The third kappa shape index (κ3) is 1.82. The summed E-state index contributed by atoms with van der Waals surface area (Å²) in [5.41, 5.74) is 1.08. The molecular weight excluding hydrogens is 231 g/mol. The fourth-order valence-electron chi connectivity index (χ4n) is 2.22. The second kappa shape index (κ2) is 4.15. The van der Waals surface area contributed by atoms with E-state index >= 15 is 0 Å². The van der Waals surface area contributed by atoms with E-state index in [1.807, 2.05) is 17.2 Å². The molecule has 1 aromatic carbocycles. The Morgan fingerprint density at radius 2 is 2.17 bits per heavy atom. The number of nitriles is 1. The first kappa shape index (κ1) is 10.8. The molecule has 0 atom stereocenters. The fraction of sp³-hybridized carbons (Fsp3) is 0.231. The molecule has 0 N–H and O–H groups in total. The fourth-order valence-corrected chi connectivity index (χ4v) is 2.22. The van der Waals surface area contributed by atoms with Gasteiger partial charge in [0.2, 0.25) is 0 Å². The van der Waals surface area contributed by atoms with Crippen molar-refractivity contribution >= 4 is 5.69 Å². The van der Waals surface area contributed by atoms with Gasteiger partial charge in [0.25, 0.3) is 0 Å². The Kier molecular flexibility index (Phi) is 2.49. The molecule has 0 aliphatic carbocycles. The zero-order chi connectivity index (χ0) is 12.5. The minimum Gasteiger partial charge on any atom is -0.362 e. The van der Waals surface area contributed by atoms with Crippen LogP contribution < -0.4 is 4.90 Å². The van der Waals surface area contributed by atoms with Gasteiger partial charge in [-0.25, -0.2) is 9.37 Å². The Labute approximate surface area is 104 Å². The van der Waals surface area contributed by atoms with Crippen LogP contribution in [0.25, 0.3) is 0 Å². The van der Waals surface area contributed by atoms with Crippen LogP contribution in [0.5, 0.6) is 0 Å². The lowest BCUT2D eigenvalue weighted by molar-refractivity contribution is 0.557. The molecule has 3 rings (SSSR count). The average Bonchev–Trinajstić information content (AvgIpc) is 2.85. The molecule has 0 saturated carbocycles. The molecule has 1 aliphatic heterocycles. The number of imidazole rings is 1. The molecule has 0 saturated heterocycles. The highest BCUT2D eigenvalue weighted by Crippen LogP contribution is 2.22. The van der Waals surface area contributed by atoms with Crippen LogP contribution in [-0.4, -0.2) is 16.1 Å². The maximum atomic E-state index is 13.4. The summed E-state index contributed by atoms with van der Waals surface area (Å²) in [6.07, 6.45) is 3.71. The largest absolute Gasteiger partial charge is 0.362 e. The van der Waals surface area contributed by atoms with Crippen LogP contribution in [0, 0.1) is 17.1 Å². The molecular formula is C13H11FN4. The Bertz CT molecular complexity index is 626. The van der Waals surface area contributed by atoms with Crippen molar-refractivity contribution in [2.24, 2.45) is 0 Å². The number of fused-ring (bicyclic) bond motifs is 1. The van der Waals surface area contributed by atoms with E-state index in [1.165, 1.54) is 12.1 Å². The normalized spacial score (nSPS) is 14.1. The van der Waals surface area contributed by atoms with Crippen molar-refractivity contribution in [2.45, 2.75) is 13.1 Å². The first-order valence-electron chi connectivity index (χ1n) is 5.72. The smallest absolute Gasteiger partial charge is 0.128 e. The van der Waals surface area contributed by atoms with Gasteiger partial charge in [0, 0.05) is 31.2 Å². The van der Waals surface area contributed by atoms with Gasteiger partial charge in [0.1, 0.15) is 11.6 Å². The maximum absolute atomic E-state index is 13.4. The predicted octanol–water partition coefficient (Wildman–Crippen LogP) is 1.91. The third-order valence-corrected chi connectivity index (χ3v) is 3.12. The van der Waals surface area contributed by atoms with Gasteiger partial charge in [-0.1, -0.05) is 0 Å². The van der Waals surface area contributed by atoms with Crippen LogP contribution in [0.1, 0.15) is 11.4 Å². The number of nitrogens with zero attached hydrogens (tertiary/aromatic N) is 4. The van der Waals surface area contributed by atoms with Gasteiger partial charge in [-0.15, -0.1) is 0 Å². The molecule has 0 radical (unpaired) electrons. The second-order valence-corrected chi connectivity index (χ2v) is 4.27. The van der Waals surface area contributed by atoms with E-state index in [0.29, 0.717) is 12.1 Å². The van der Waals surface area contributed by atoms with E-state index in [9.17, 15) is 4.39 Å². The summed E-state index contributed by atoms with van der Waals surface area (Å²) in [5, 5.41) is 8.86. The first-order valence-corrected chi connectivity index (χ1v) is 5.72. The van der Waals surface area contributed by atoms with E-state index in [4.69, 9.17) is 5.26 Å². The van der Waals surface area contributed by atoms with Crippen LogP contribution >= 0.6 is 0 Å². The van der Waals surface area contributed by atoms with E-state index < -0.39 is 0 Å². The topological polar surface area (TPSA) is 44.9 Å². The first-order chi connectivity index (χ1) is 8.76. The Morgan fingerprint density at radius 1 is 1.28 bits per heavy atom. The van der Waals surface area contributed by atoms with Gasteiger partial charge < -0.3 is 9.47 Å². The van der Waals surface area contributed by atoms with Gasteiger partial charge in [0.15, 0.2) is 0 Å². The summed E-state index contributed by atoms with van der Waals surface area (Å²) in [6.45, 7) is 2.26. The van der Waals surface area contributed by atoms with Gasteiger partial charge in [0.05, 0.1) is 18.2 Å². The van der Waals surface area contributed by atoms with Crippen LogP contribution in [0.4, 0.5) is 10.1 Å². The number of rotatable bonds is 1. The molecule has 0 unspecified atom stereocenters. The monoisotopic (exact) mass is 242 g/mol. The molecule has 90 valence electrons. The van der Waals surface area contributed by atoms with Gasteiger partial charge in [-0.3, -0.25) is 0 Å². The van der Waals surface area contributed by atoms with Crippen molar-refractivity contribution in [3.05, 3.63) is 47.8 Å². The Hall–Kier alpha value is -2.35. The lowest BCUT2D eigenvalue weighted by Crippen LogP contribution is -2.33. The molecule has 2 heterocycles. The second-order valence-electron chi connectivity index (χ2n) is 4.27. The molecule has 1 aromatic heterocycles. The molecule has 1 aliphatic rings. The van der Waals surface area contributed by atoms with Crippen LogP contribution in [0.2, 0.25) is 0 Å². The molecule has 5 heteroatoms. The number of anilines is 1. The highest BCUT2D eigenvalue weighted by atomic mass is 19.1. The summed E-state index contributed by atoms with van der Waals surface area (Å²) >= 11 is 0. The number of hydrogen-bond acceptors (Lipinski definition) is 3. The summed E-state index contributed by atoms with van der Waals surface area (Å²) in [5.74, 6) is 0.585. The summed E-state index contributed by atoms with van der Waals surface area (Å²) in [4.78, 5) is 6.29. The summed E-state index contributed by atoms with van der Waals surface area (Å²) < 4.78 is 15.5. The SMILES string of the molecule is N#Cc1cc(F)cc(N2CCn3ccnc3C2)c1.